The van der Waals surface area contributed by atoms with Gasteiger partial charge in [0.25, 0.3) is 5.56 Å². The SMILES string of the molecule is COCC(O)CCNc1nc[nH]c(=O)c1Br. The number of hydrogen-bond acceptors (Lipinski definition) is 5. The lowest BCUT2D eigenvalue weighted by Crippen LogP contribution is -2.20. The number of anilines is 1. The first-order valence-corrected chi connectivity index (χ1v) is 5.58. The van der Waals surface area contributed by atoms with Crippen molar-refractivity contribution >= 4 is 21.7 Å². The van der Waals surface area contributed by atoms with Crippen LogP contribution in [-0.2, 0) is 4.74 Å². The van der Waals surface area contributed by atoms with E-state index in [0.29, 0.717) is 29.9 Å². The lowest BCUT2D eigenvalue weighted by Gasteiger charge is -2.10. The van der Waals surface area contributed by atoms with E-state index in [0.717, 1.165) is 0 Å². The molecule has 3 N–H and O–H groups in total. The zero-order valence-electron chi connectivity index (χ0n) is 8.86. The van der Waals surface area contributed by atoms with Gasteiger partial charge in [-0.25, -0.2) is 4.98 Å². The largest absolute Gasteiger partial charge is 0.391 e. The second-order valence-corrected chi connectivity index (χ2v) is 4.01. The van der Waals surface area contributed by atoms with E-state index >= 15 is 0 Å². The fourth-order valence-corrected chi connectivity index (χ4v) is 1.50. The van der Waals surface area contributed by atoms with Gasteiger partial charge in [-0.05, 0) is 22.4 Å². The topological polar surface area (TPSA) is 87.2 Å². The first kappa shape index (κ1) is 13.1. The summed E-state index contributed by atoms with van der Waals surface area (Å²) in [4.78, 5) is 17.6. The summed E-state index contributed by atoms with van der Waals surface area (Å²) in [5, 5.41) is 12.3. The molecule has 0 aromatic carbocycles. The van der Waals surface area contributed by atoms with Crippen LogP contribution in [0.25, 0.3) is 0 Å². The molecule has 1 unspecified atom stereocenters. The van der Waals surface area contributed by atoms with Crippen LogP contribution >= 0.6 is 15.9 Å². The van der Waals surface area contributed by atoms with Crippen LogP contribution in [0.2, 0.25) is 0 Å². The molecular weight excluding hydrogens is 278 g/mol. The molecule has 16 heavy (non-hydrogen) atoms. The number of ether oxygens (including phenoxy) is 1. The van der Waals surface area contributed by atoms with Gasteiger partial charge in [-0.3, -0.25) is 4.79 Å². The van der Waals surface area contributed by atoms with Crippen molar-refractivity contribution in [2.24, 2.45) is 0 Å². The summed E-state index contributed by atoms with van der Waals surface area (Å²) in [6.07, 6.45) is 1.33. The monoisotopic (exact) mass is 291 g/mol. The number of halogens is 1. The van der Waals surface area contributed by atoms with Gasteiger partial charge in [-0.1, -0.05) is 0 Å². The number of nitrogens with zero attached hydrogens (tertiary/aromatic N) is 1. The van der Waals surface area contributed by atoms with Gasteiger partial charge in [-0.2, -0.15) is 0 Å². The van der Waals surface area contributed by atoms with E-state index in [2.05, 4.69) is 31.2 Å². The minimum absolute atomic E-state index is 0.241. The maximum absolute atomic E-state index is 11.2. The average molecular weight is 292 g/mol. The van der Waals surface area contributed by atoms with E-state index < -0.39 is 6.10 Å². The lowest BCUT2D eigenvalue weighted by molar-refractivity contribution is 0.0615. The maximum atomic E-state index is 11.2. The van der Waals surface area contributed by atoms with Crippen molar-refractivity contribution in [3.63, 3.8) is 0 Å². The Hall–Kier alpha value is -0.920. The van der Waals surface area contributed by atoms with Crippen LogP contribution in [-0.4, -0.2) is 41.4 Å². The summed E-state index contributed by atoms with van der Waals surface area (Å²) in [7, 11) is 1.53. The highest BCUT2D eigenvalue weighted by molar-refractivity contribution is 9.10. The van der Waals surface area contributed by atoms with Crippen LogP contribution in [0.1, 0.15) is 6.42 Å². The summed E-state index contributed by atoms with van der Waals surface area (Å²) in [5.41, 5.74) is -0.241. The summed E-state index contributed by atoms with van der Waals surface area (Å²) >= 11 is 3.12. The second-order valence-electron chi connectivity index (χ2n) is 3.22. The van der Waals surface area contributed by atoms with Crippen LogP contribution < -0.4 is 10.9 Å². The number of aliphatic hydroxyl groups excluding tert-OH is 1. The number of aromatic nitrogens is 2. The number of hydrogen-bond donors (Lipinski definition) is 3. The molecule has 0 aliphatic heterocycles. The van der Waals surface area contributed by atoms with E-state index in [9.17, 15) is 9.90 Å². The van der Waals surface area contributed by atoms with Gasteiger partial charge in [0.05, 0.1) is 19.0 Å². The molecule has 0 aliphatic carbocycles. The van der Waals surface area contributed by atoms with Gasteiger partial charge in [0.1, 0.15) is 10.3 Å². The number of aromatic amines is 1. The van der Waals surface area contributed by atoms with Gasteiger partial charge in [0.2, 0.25) is 0 Å². The molecule has 1 atom stereocenters. The molecular formula is C9H14BrN3O3. The molecule has 90 valence electrons. The Labute approximate surface area is 101 Å². The predicted octanol–water partition coefficient (Wildman–Crippen LogP) is 0.342. The highest BCUT2D eigenvalue weighted by atomic mass is 79.9. The summed E-state index contributed by atoms with van der Waals surface area (Å²) in [6, 6.07) is 0. The van der Waals surface area contributed by atoms with Crippen LogP contribution in [0.5, 0.6) is 0 Å². The van der Waals surface area contributed by atoms with Crippen molar-refractivity contribution < 1.29 is 9.84 Å². The first-order valence-electron chi connectivity index (χ1n) is 4.79. The number of H-pyrrole nitrogens is 1. The molecule has 6 nitrogen and oxygen atoms in total. The molecule has 1 heterocycles. The van der Waals surface area contributed by atoms with Gasteiger partial charge in [0, 0.05) is 13.7 Å². The van der Waals surface area contributed by atoms with Crippen LogP contribution in [0.3, 0.4) is 0 Å². The van der Waals surface area contributed by atoms with E-state index in [1.165, 1.54) is 13.4 Å². The third-order valence-electron chi connectivity index (χ3n) is 1.93. The van der Waals surface area contributed by atoms with Crippen molar-refractivity contribution in [2.75, 3.05) is 25.6 Å². The molecule has 0 amide bonds. The van der Waals surface area contributed by atoms with Gasteiger partial charge < -0.3 is 20.1 Å². The smallest absolute Gasteiger partial charge is 0.267 e. The molecule has 7 heteroatoms. The van der Waals surface area contributed by atoms with Gasteiger partial charge >= 0.3 is 0 Å². The molecule has 1 aromatic heterocycles. The summed E-state index contributed by atoms with van der Waals surface area (Å²) in [5.74, 6) is 0.466. The molecule has 0 bridgehead atoms. The van der Waals surface area contributed by atoms with Crippen molar-refractivity contribution in [3.8, 4) is 0 Å². The first-order chi connectivity index (χ1) is 7.65. The van der Waals surface area contributed by atoms with Crippen LogP contribution in [0.15, 0.2) is 15.6 Å². The molecule has 0 spiro atoms. The van der Waals surface area contributed by atoms with E-state index in [-0.39, 0.29) is 5.56 Å². The quantitative estimate of drug-likeness (QED) is 0.704. The fraction of sp³-hybridized carbons (Fsp3) is 0.556. The zero-order valence-corrected chi connectivity index (χ0v) is 10.5. The van der Waals surface area contributed by atoms with Crippen molar-refractivity contribution in [2.45, 2.75) is 12.5 Å². The standard InChI is InChI=1S/C9H14BrN3O3/c1-16-4-6(14)2-3-11-8-7(10)9(15)13-5-12-8/h5-6,14H,2-4H2,1H3,(H2,11,12,13,15). The Morgan fingerprint density at radius 3 is 3.19 bits per heavy atom. The van der Waals surface area contributed by atoms with E-state index in [1.807, 2.05) is 0 Å². The Bertz CT molecular complexity index is 383. The van der Waals surface area contributed by atoms with Crippen molar-refractivity contribution in [3.05, 3.63) is 21.2 Å². The molecule has 0 saturated heterocycles. The summed E-state index contributed by atoms with van der Waals surface area (Å²) in [6.45, 7) is 0.811. The van der Waals surface area contributed by atoms with Crippen LogP contribution in [0.4, 0.5) is 5.82 Å². The Morgan fingerprint density at radius 2 is 2.50 bits per heavy atom. The van der Waals surface area contributed by atoms with Gasteiger partial charge in [-0.15, -0.1) is 0 Å². The predicted molar refractivity (Wildman–Crippen MR) is 63.5 cm³/mol. The highest BCUT2D eigenvalue weighted by Gasteiger charge is 2.06. The second kappa shape index (κ2) is 6.62. The highest BCUT2D eigenvalue weighted by Crippen LogP contribution is 2.12. The Morgan fingerprint density at radius 1 is 1.75 bits per heavy atom. The number of nitrogens with one attached hydrogen (secondary N) is 2. The molecule has 0 saturated carbocycles. The average Bonchev–Trinajstić information content (AvgIpc) is 2.25. The minimum Gasteiger partial charge on any atom is -0.391 e. The maximum Gasteiger partial charge on any atom is 0.267 e. The summed E-state index contributed by atoms with van der Waals surface area (Å²) < 4.78 is 5.15. The van der Waals surface area contributed by atoms with E-state index in [1.54, 1.807) is 0 Å². The van der Waals surface area contributed by atoms with Gasteiger partial charge in [0.15, 0.2) is 0 Å². The van der Waals surface area contributed by atoms with Crippen LogP contribution in [0, 0.1) is 0 Å². The number of rotatable bonds is 6. The Balaban J connectivity index is 2.43. The van der Waals surface area contributed by atoms with Crippen molar-refractivity contribution in [1.29, 1.82) is 0 Å². The fourth-order valence-electron chi connectivity index (χ4n) is 1.14. The third-order valence-corrected chi connectivity index (χ3v) is 2.66. The normalized spacial score (nSPS) is 12.4. The van der Waals surface area contributed by atoms with Crippen molar-refractivity contribution in [1.82, 2.24) is 9.97 Å². The third kappa shape index (κ3) is 3.92. The molecule has 1 rings (SSSR count). The Kier molecular flexibility index (Phi) is 5.44. The lowest BCUT2D eigenvalue weighted by atomic mass is 10.2. The molecule has 0 fully saturated rings. The molecule has 1 aromatic rings. The molecule has 0 radical (unpaired) electrons. The zero-order chi connectivity index (χ0) is 12.0. The minimum atomic E-state index is -0.515. The number of methoxy groups -OCH3 is 1. The number of aliphatic hydroxyl groups is 1. The molecule has 0 aliphatic rings. The van der Waals surface area contributed by atoms with E-state index in [4.69, 9.17) is 4.74 Å².